The Morgan fingerprint density at radius 3 is 2.95 bits per heavy atom. The number of carboxylic acid groups (broad SMARTS) is 1. The van der Waals surface area contributed by atoms with Gasteiger partial charge in [0.15, 0.2) is 0 Å². The van der Waals surface area contributed by atoms with Crippen LogP contribution in [0.5, 0.6) is 0 Å². The van der Waals surface area contributed by atoms with Crippen LogP contribution < -0.4 is 0 Å². The highest BCUT2D eigenvalue weighted by Gasteiger charge is 2.43. The van der Waals surface area contributed by atoms with Crippen LogP contribution in [-0.2, 0) is 11.2 Å². The maximum absolute atomic E-state index is 11.7. The molecule has 0 aromatic carbocycles. The van der Waals surface area contributed by atoms with E-state index in [9.17, 15) is 9.90 Å². The lowest BCUT2D eigenvalue weighted by molar-refractivity contribution is -0.153. The van der Waals surface area contributed by atoms with Crippen molar-refractivity contribution in [3.8, 4) is 0 Å². The molecule has 0 amide bonds. The lowest BCUT2D eigenvalue weighted by Crippen LogP contribution is -2.55. The summed E-state index contributed by atoms with van der Waals surface area (Å²) in [4.78, 5) is 21.9. The molecule has 1 fully saturated rings. The Bertz CT molecular complexity index is 424. The Morgan fingerprint density at radius 1 is 1.47 bits per heavy atom. The molecule has 1 unspecified atom stereocenters. The summed E-state index contributed by atoms with van der Waals surface area (Å²) in [6.07, 6.45) is 10.2. The maximum atomic E-state index is 11.7. The fraction of sp³-hybridized carbons (Fsp3) is 0.643. The van der Waals surface area contributed by atoms with Gasteiger partial charge in [-0.1, -0.05) is 0 Å². The number of likely N-dealkylation sites (tertiary alicyclic amines) is 1. The van der Waals surface area contributed by atoms with Crippen molar-refractivity contribution < 1.29 is 9.90 Å². The van der Waals surface area contributed by atoms with Crippen LogP contribution in [0.3, 0.4) is 0 Å². The molecule has 0 aliphatic carbocycles. The first-order valence-electron chi connectivity index (χ1n) is 6.85. The number of aryl methyl sites for hydroxylation is 1. The molecule has 1 aliphatic heterocycles. The Morgan fingerprint density at radius 2 is 2.32 bits per heavy atom. The van der Waals surface area contributed by atoms with Crippen molar-refractivity contribution in [1.82, 2.24) is 14.9 Å². The third-order valence-corrected chi connectivity index (χ3v) is 4.10. The van der Waals surface area contributed by atoms with Crippen molar-refractivity contribution in [2.45, 2.75) is 44.1 Å². The molecular weight excluding hydrogens is 242 g/mol. The number of nitrogens with zero attached hydrogens (tertiary/aromatic N) is 3. The Hall–Kier alpha value is -1.49. The van der Waals surface area contributed by atoms with Crippen molar-refractivity contribution in [2.75, 3.05) is 13.6 Å². The van der Waals surface area contributed by atoms with Gasteiger partial charge in [0.25, 0.3) is 0 Å². The molecule has 19 heavy (non-hydrogen) atoms. The normalized spacial score (nSPS) is 24.3. The lowest BCUT2D eigenvalue weighted by atomic mass is 9.82. The topological polar surface area (TPSA) is 66.3 Å². The van der Waals surface area contributed by atoms with Crippen LogP contribution >= 0.6 is 0 Å². The van der Waals surface area contributed by atoms with Gasteiger partial charge in [0, 0.05) is 18.6 Å². The molecule has 1 N–H and O–H groups in total. The highest BCUT2D eigenvalue weighted by molar-refractivity contribution is 5.78. The zero-order valence-electron chi connectivity index (χ0n) is 11.4. The minimum Gasteiger partial charge on any atom is -0.480 e. The van der Waals surface area contributed by atoms with Gasteiger partial charge in [0.1, 0.15) is 5.54 Å². The number of aliphatic carboxylic acids is 1. The average molecular weight is 263 g/mol. The SMILES string of the molecule is CN1CCCCC1(CCCc1cnccn1)C(=O)O. The summed E-state index contributed by atoms with van der Waals surface area (Å²) in [5.74, 6) is -0.686. The Labute approximate surface area is 113 Å². The van der Waals surface area contributed by atoms with Crippen molar-refractivity contribution in [2.24, 2.45) is 0 Å². The second-order valence-corrected chi connectivity index (χ2v) is 5.27. The molecule has 5 heteroatoms. The second-order valence-electron chi connectivity index (χ2n) is 5.27. The van der Waals surface area contributed by atoms with Crippen LogP contribution in [0, 0.1) is 0 Å². The number of piperidine rings is 1. The van der Waals surface area contributed by atoms with E-state index in [1.807, 2.05) is 11.9 Å². The fourth-order valence-corrected chi connectivity index (χ4v) is 2.89. The molecule has 1 aliphatic rings. The average Bonchev–Trinajstić information content (AvgIpc) is 2.42. The van der Waals surface area contributed by atoms with E-state index in [2.05, 4.69) is 9.97 Å². The van der Waals surface area contributed by atoms with Gasteiger partial charge < -0.3 is 5.11 Å². The van der Waals surface area contributed by atoms with Crippen LogP contribution in [0.4, 0.5) is 0 Å². The van der Waals surface area contributed by atoms with Gasteiger partial charge in [-0.15, -0.1) is 0 Å². The van der Waals surface area contributed by atoms with E-state index in [0.717, 1.165) is 44.3 Å². The number of carboxylic acids is 1. The first kappa shape index (κ1) is 13.9. The number of aromatic nitrogens is 2. The van der Waals surface area contributed by atoms with Gasteiger partial charge in [-0.25, -0.2) is 0 Å². The zero-order chi connectivity index (χ0) is 13.7. The lowest BCUT2D eigenvalue weighted by Gasteiger charge is -2.42. The van der Waals surface area contributed by atoms with Crippen molar-refractivity contribution in [3.05, 3.63) is 24.3 Å². The minimum absolute atomic E-state index is 0.676. The molecule has 0 radical (unpaired) electrons. The van der Waals surface area contributed by atoms with Crippen molar-refractivity contribution >= 4 is 5.97 Å². The molecule has 2 rings (SSSR count). The third-order valence-electron chi connectivity index (χ3n) is 4.10. The molecule has 0 spiro atoms. The van der Waals surface area contributed by atoms with E-state index in [4.69, 9.17) is 0 Å². The van der Waals surface area contributed by atoms with Crippen LogP contribution in [0.2, 0.25) is 0 Å². The summed E-state index contributed by atoms with van der Waals surface area (Å²) in [6, 6.07) is 0. The van der Waals surface area contributed by atoms with Gasteiger partial charge >= 0.3 is 5.97 Å². The first-order valence-corrected chi connectivity index (χ1v) is 6.85. The standard InChI is InChI=1S/C14H21N3O2/c1-17-10-3-2-6-14(17,13(18)19)7-4-5-12-11-15-8-9-16-12/h8-9,11H,2-7,10H2,1H3,(H,18,19). The Kier molecular flexibility index (Phi) is 4.47. The van der Waals surface area contributed by atoms with E-state index < -0.39 is 11.5 Å². The summed E-state index contributed by atoms with van der Waals surface area (Å²) in [7, 11) is 1.93. The highest BCUT2D eigenvalue weighted by atomic mass is 16.4. The van der Waals surface area contributed by atoms with Gasteiger partial charge in [-0.3, -0.25) is 19.7 Å². The molecule has 1 atom stereocenters. The predicted molar refractivity (Wildman–Crippen MR) is 71.8 cm³/mol. The highest BCUT2D eigenvalue weighted by Crippen LogP contribution is 2.32. The molecule has 5 nitrogen and oxygen atoms in total. The molecule has 1 saturated heterocycles. The number of carbonyl (C=O) groups is 1. The van der Waals surface area contributed by atoms with Gasteiger partial charge in [-0.2, -0.15) is 0 Å². The van der Waals surface area contributed by atoms with E-state index in [0.29, 0.717) is 6.42 Å². The van der Waals surface area contributed by atoms with Gasteiger partial charge in [0.05, 0.1) is 5.69 Å². The van der Waals surface area contributed by atoms with Crippen LogP contribution in [0.15, 0.2) is 18.6 Å². The molecule has 0 bridgehead atoms. The summed E-state index contributed by atoms with van der Waals surface area (Å²) in [6.45, 7) is 0.872. The van der Waals surface area contributed by atoms with Crippen molar-refractivity contribution in [3.63, 3.8) is 0 Å². The molecular formula is C14H21N3O2. The second kappa shape index (κ2) is 6.10. The molecule has 2 heterocycles. The first-order chi connectivity index (χ1) is 9.15. The van der Waals surface area contributed by atoms with E-state index >= 15 is 0 Å². The number of likely N-dealkylation sites (N-methyl/N-ethyl adjacent to an activating group) is 1. The summed E-state index contributed by atoms with van der Waals surface area (Å²) in [5.41, 5.74) is 0.252. The fourth-order valence-electron chi connectivity index (χ4n) is 2.89. The van der Waals surface area contributed by atoms with Gasteiger partial charge in [0.2, 0.25) is 0 Å². The molecule has 1 aromatic rings. The number of rotatable bonds is 5. The van der Waals surface area contributed by atoms with Gasteiger partial charge in [-0.05, 0) is 52.1 Å². The number of hydrogen-bond donors (Lipinski definition) is 1. The molecule has 104 valence electrons. The monoisotopic (exact) mass is 263 g/mol. The van der Waals surface area contributed by atoms with E-state index in [1.165, 1.54) is 0 Å². The van der Waals surface area contributed by atoms with E-state index in [1.54, 1.807) is 18.6 Å². The smallest absolute Gasteiger partial charge is 0.324 e. The molecule has 0 saturated carbocycles. The predicted octanol–water partition coefficient (Wildman–Crippen LogP) is 1.74. The van der Waals surface area contributed by atoms with E-state index in [-0.39, 0.29) is 0 Å². The van der Waals surface area contributed by atoms with Crippen LogP contribution in [-0.4, -0.2) is 45.1 Å². The number of hydrogen-bond acceptors (Lipinski definition) is 4. The summed E-state index contributed by atoms with van der Waals surface area (Å²) in [5, 5.41) is 9.59. The quantitative estimate of drug-likeness (QED) is 0.876. The summed E-state index contributed by atoms with van der Waals surface area (Å²) < 4.78 is 0. The Balaban J connectivity index is 1.96. The van der Waals surface area contributed by atoms with Crippen LogP contribution in [0.25, 0.3) is 0 Å². The minimum atomic E-state index is -0.686. The maximum Gasteiger partial charge on any atom is 0.324 e. The summed E-state index contributed by atoms with van der Waals surface area (Å²) >= 11 is 0. The zero-order valence-corrected chi connectivity index (χ0v) is 11.4. The molecule has 1 aromatic heterocycles. The van der Waals surface area contributed by atoms with Crippen LogP contribution in [0.1, 0.15) is 37.8 Å². The largest absolute Gasteiger partial charge is 0.480 e. The van der Waals surface area contributed by atoms with Crippen molar-refractivity contribution in [1.29, 1.82) is 0 Å². The third kappa shape index (κ3) is 3.10.